The van der Waals surface area contributed by atoms with E-state index in [2.05, 4.69) is 35.9 Å². The summed E-state index contributed by atoms with van der Waals surface area (Å²) in [7, 11) is 0. The van der Waals surface area contributed by atoms with Crippen LogP contribution in [0.1, 0.15) is 37.1 Å². The second-order valence-corrected chi connectivity index (χ2v) is 5.04. The van der Waals surface area contributed by atoms with E-state index in [0.29, 0.717) is 0 Å². The number of hydrogen-bond donors (Lipinski definition) is 1. The third kappa shape index (κ3) is 2.90. The Morgan fingerprint density at radius 1 is 1.29 bits per heavy atom. The van der Waals surface area contributed by atoms with Gasteiger partial charge in [-0.1, -0.05) is 12.8 Å². The van der Waals surface area contributed by atoms with Crippen molar-refractivity contribution in [2.75, 3.05) is 6.54 Å². The maximum atomic E-state index is 11.8. The van der Waals surface area contributed by atoms with E-state index in [1.165, 1.54) is 24.2 Å². The van der Waals surface area contributed by atoms with E-state index >= 15 is 0 Å². The Bertz CT molecular complexity index is 369. The van der Waals surface area contributed by atoms with Gasteiger partial charge in [-0.05, 0) is 38.8 Å². The van der Waals surface area contributed by atoms with E-state index < -0.39 is 0 Å². The van der Waals surface area contributed by atoms with E-state index in [9.17, 15) is 4.79 Å². The number of carbonyl (C=O) groups excluding carboxylic acids is 1. The Hall–Kier alpha value is -1.25. The molecular weight excluding hydrogens is 212 g/mol. The molecule has 0 saturated heterocycles. The lowest BCUT2D eigenvalue weighted by molar-refractivity contribution is -0.124. The lowest BCUT2D eigenvalue weighted by atomic mass is 10.1. The molecule has 0 aromatic carbocycles. The molecule has 1 fully saturated rings. The number of amides is 1. The topological polar surface area (TPSA) is 34.0 Å². The minimum absolute atomic E-state index is 0.255. The molecule has 1 aromatic heterocycles. The summed E-state index contributed by atoms with van der Waals surface area (Å²) in [5.74, 6) is 0.534. The number of carbonyl (C=O) groups is 1. The normalized spacial score (nSPS) is 16.4. The molecule has 94 valence electrons. The molecule has 0 spiro atoms. The summed E-state index contributed by atoms with van der Waals surface area (Å²) in [4.78, 5) is 11.8. The quantitative estimate of drug-likeness (QED) is 0.853. The fourth-order valence-corrected chi connectivity index (χ4v) is 2.68. The monoisotopic (exact) mass is 234 g/mol. The van der Waals surface area contributed by atoms with Gasteiger partial charge in [0.2, 0.25) is 5.91 Å². The van der Waals surface area contributed by atoms with Gasteiger partial charge in [0.15, 0.2) is 0 Å². The van der Waals surface area contributed by atoms with Crippen LogP contribution in [0.25, 0.3) is 0 Å². The standard InChI is InChI=1S/C14H22N2O/c1-11-7-8-12(2)16(11)10-9-15-14(17)13-5-3-4-6-13/h7-8,13H,3-6,9-10H2,1-2H3,(H,15,17). The molecule has 0 unspecified atom stereocenters. The van der Waals surface area contributed by atoms with Crippen LogP contribution in [-0.2, 0) is 11.3 Å². The van der Waals surface area contributed by atoms with E-state index in [4.69, 9.17) is 0 Å². The molecule has 1 aliphatic carbocycles. The van der Waals surface area contributed by atoms with Crippen LogP contribution in [0.5, 0.6) is 0 Å². The molecule has 0 atom stereocenters. The third-order valence-corrected chi connectivity index (χ3v) is 3.78. The predicted octanol–water partition coefficient (Wildman–Crippen LogP) is 2.41. The Morgan fingerprint density at radius 2 is 1.88 bits per heavy atom. The first-order valence-electron chi connectivity index (χ1n) is 6.59. The van der Waals surface area contributed by atoms with Crippen LogP contribution in [-0.4, -0.2) is 17.0 Å². The largest absolute Gasteiger partial charge is 0.354 e. The average Bonchev–Trinajstić information content (AvgIpc) is 2.93. The molecule has 0 aliphatic heterocycles. The van der Waals surface area contributed by atoms with Crippen molar-refractivity contribution in [3.05, 3.63) is 23.5 Å². The van der Waals surface area contributed by atoms with Crippen LogP contribution >= 0.6 is 0 Å². The summed E-state index contributed by atoms with van der Waals surface area (Å²) in [6.45, 7) is 5.83. The SMILES string of the molecule is Cc1ccc(C)n1CCNC(=O)C1CCCC1. The molecule has 1 aromatic rings. The Labute approximate surface area is 103 Å². The van der Waals surface area contributed by atoms with Gasteiger partial charge in [0.05, 0.1) is 0 Å². The molecule has 0 bridgehead atoms. The zero-order chi connectivity index (χ0) is 12.3. The lowest BCUT2D eigenvalue weighted by Crippen LogP contribution is -2.32. The molecule has 1 amide bonds. The summed E-state index contributed by atoms with van der Waals surface area (Å²) in [5.41, 5.74) is 2.52. The van der Waals surface area contributed by atoms with E-state index in [0.717, 1.165) is 25.9 Å². The van der Waals surface area contributed by atoms with Crippen LogP contribution in [0.4, 0.5) is 0 Å². The van der Waals surface area contributed by atoms with E-state index in [1.807, 2.05) is 0 Å². The van der Waals surface area contributed by atoms with Gasteiger partial charge < -0.3 is 9.88 Å². The van der Waals surface area contributed by atoms with Gasteiger partial charge in [0.1, 0.15) is 0 Å². The van der Waals surface area contributed by atoms with Gasteiger partial charge in [-0.2, -0.15) is 0 Å². The first-order chi connectivity index (χ1) is 8.18. The summed E-state index contributed by atoms with van der Waals surface area (Å²) in [6.07, 6.45) is 4.59. The number of aromatic nitrogens is 1. The minimum atomic E-state index is 0.255. The van der Waals surface area contributed by atoms with Crippen LogP contribution in [0.3, 0.4) is 0 Å². The number of hydrogen-bond acceptors (Lipinski definition) is 1. The zero-order valence-electron chi connectivity index (χ0n) is 10.8. The zero-order valence-corrected chi connectivity index (χ0v) is 10.8. The van der Waals surface area contributed by atoms with Crippen molar-refractivity contribution in [2.45, 2.75) is 46.1 Å². The molecule has 1 N–H and O–H groups in total. The third-order valence-electron chi connectivity index (χ3n) is 3.78. The maximum absolute atomic E-state index is 11.8. The Kier molecular flexibility index (Phi) is 3.87. The van der Waals surface area contributed by atoms with Crippen molar-refractivity contribution < 1.29 is 4.79 Å². The fourth-order valence-electron chi connectivity index (χ4n) is 2.68. The van der Waals surface area contributed by atoms with Crippen molar-refractivity contribution in [3.63, 3.8) is 0 Å². The molecular formula is C14H22N2O. The smallest absolute Gasteiger partial charge is 0.223 e. The van der Waals surface area contributed by atoms with Gasteiger partial charge in [-0.3, -0.25) is 4.79 Å². The van der Waals surface area contributed by atoms with Gasteiger partial charge >= 0.3 is 0 Å². The first-order valence-corrected chi connectivity index (χ1v) is 6.59. The number of nitrogens with one attached hydrogen (secondary N) is 1. The molecule has 3 heteroatoms. The van der Waals surface area contributed by atoms with Gasteiger partial charge in [-0.15, -0.1) is 0 Å². The highest BCUT2D eigenvalue weighted by Gasteiger charge is 2.21. The molecule has 2 rings (SSSR count). The molecule has 1 aliphatic rings. The highest BCUT2D eigenvalue weighted by atomic mass is 16.1. The van der Waals surface area contributed by atoms with Crippen molar-refractivity contribution >= 4 is 5.91 Å². The highest BCUT2D eigenvalue weighted by molar-refractivity contribution is 5.78. The van der Waals surface area contributed by atoms with Crippen molar-refractivity contribution in [1.82, 2.24) is 9.88 Å². The molecule has 3 nitrogen and oxygen atoms in total. The number of nitrogens with zero attached hydrogens (tertiary/aromatic N) is 1. The molecule has 0 radical (unpaired) electrons. The van der Waals surface area contributed by atoms with Crippen LogP contribution in [0.2, 0.25) is 0 Å². The fraction of sp³-hybridized carbons (Fsp3) is 0.643. The van der Waals surface area contributed by atoms with Crippen molar-refractivity contribution in [2.24, 2.45) is 5.92 Å². The van der Waals surface area contributed by atoms with E-state index in [-0.39, 0.29) is 11.8 Å². The van der Waals surface area contributed by atoms with Gasteiger partial charge in [0.25, 0.3) is 0 Å². The highest BCUT2D eigenvalue weighted by Crippen LogP contribution is 2.24. The van der Waals surface area contributed by atoms with E-state index in [1.54, 1.807) is 0 Å². The van der Waals surface area contributed by atoms with Crippen molar-refractivity contribution in [1.29, 1.82) is 0 Å². The molecule has 1 heterocycles. The first kappa shape index (κ1) is 12.2. The van der Waals surface area contributed by atoms with Crippen molar-refractivity contribution in [3.8, 4) is 0 Å². The summed E-state index contributed by atoms with van der Waals surface area (Å²) in [5, 5.41) is 3.06. The number of rotatable bonds is 4. The second kappa shape index (κ2) is 5.39. The summed E-state index contributed by atoms with van der Waals surface area (Å²) < 4.78 is 2.24. The summed E-state index contributed by atoms with van der Waals surface area (Å²) in [6, 6.07) is 4.24. The molecule has 17 heavy (non-hydrogen) atoms. The second-order valence-electron chi connectivity index (χ2n) is 5.04. The van der Waals surface area contributed by atoms with Gasteiger partial charge in [-0.25, -0.2) is 0 Å². The van der Waals surface area contributed by atoms with Crippen LogP contribution in [0.15, 0.2) is 12.1 Å². The summed E-state index contributed by atoms with van der Waals surface area (Å²) >= 11 is 0. The average molecular weight is 234 g/mol. The van der Waals surface area contributed by atoms with Crippen LogP contribution in [0, 0.1) is 19.8 Å². The Morgan fingerprint density at radius 3 is 2.47 bits per heavy atom. The predicted molar refractivity (Wildman–Crippen MR) is 68.9 cm³/mol. The minimum Gasteiger partial charge on any atom is -0.354 e. The van der Waals surface area contributed by atoms with Crippen LogP contribution < -0.4 is 5.32 Å². The Balaban J connectivity index is 1.77. The lowest BCUT2D eigenvalue weighted by Gasteiger charge is -2.13. The number of aryl methyl sites for hydroxylation is 2. The van der Waals surface area contributed by atoms with Gasteiger partial charge in [0, 0.05) is 30.4 Å². The molecule has 1 saturated carbocycles. The maximum Gasteiger partial charge on any atom is 0.223 e.